The summed E-state index contributed by atoms with van der Waals surface area (Å²) in [6.45, 7) is 4.45. The van der Waals surface area contributed by atoms with Crippen LogP contribution < -0.4 is 5.32 Å². The third-order valence-corrected chi connectivity index (χ3v) is 3.64. The Labute approximate surface area is 87.5 Å². The van der Waals surface area contributed by atoms with E-state index in [0.29, 0.717) is 0 Å². The Morgan fingerprint density at radius 1 is 1.54 bits per heavy atom. The Hall–Kier alpha value is -0.290. The Bertz CT molecular complexity index is 247. The molecule has 1 aromatic heterocycles. The fraction of sp³-hybridized carbons (Fsp3) is 0.750. The summed E-state index contributed by atoms with van der Waals surface area (Å²) < 4.78 is 3.91. The number of hydrogen-bond donors (Lipinski definition) is 1. The molecule has 0 bridgehead atoms. The van der Waals surface area contributed by atoms with Crippen molar-refractivity contribution in [3.63, 3.8) is 0 Å². The summed E-state index contributed by atoms with van der Waals surface area (Å²) in [6.07, 6.45) is 0. The molecule has 0 fully saturated rings. The average molecular weight is 217 g/mol. The van der Waals surface area contributed by atoms with Crippen molar-refractivity contribution in [3.8, 4) is 0 Å². The van der Waals surface area contributed by atoms with Crippen LogP contribution in [0.25, 0.3) is 0 Å². The number of anilines is 1. The molecule has 1 aromatic rings. The lowest BCUT2D eigenvalue weighted by molar-refractivity contribution is 0.750. The highest BCUT2D eigenvalue weighted by Gasteiger charge is 2.05. The molecule has 0 unspecified atom stereocenters. The van der Waals surface area contributed by atoms with Crippen LogP contribution in [0.1, 0.15) is 19.5 Å². The van der Waals surface area contributed by atoms with Crippen LogP contribution in [0.5, 0.6) is 0 Å². The van der Waals surface area contributed by atoms with Crippen LogP contribution in [-0.2, 0) is 5.75 Å². The van der Waals surface area contributed by atoms with Gasteiger partial charge < -0.3 is 5.32 Å². The SMILES string of the molecule is CNc1snnc1CSCC(C)C. The Balaban J connectivity index is 2.36. The van der Waals surface area contributed by atoms with Crippen LogP contribution >= 0.6 is 23.3 Å². The topological polar surface area (TPSA) is 37.8 Å². The molecule has 0 aliphatic carbocycles. The van der Waals surface area contributed by atoms with E-state index in [1.54, 1.807) is 0 Å². The van der Waals surface area contributed by atoms with Gasteiger partial charge in [-0.2, -0.15) is 11.8 Å². The quantitative estimate of drug-likeness (QED) is 0.822. The van der Waals surface area contributed by atoms with E-state index >= 15 is 0 Å². The second-order valence-corrected chi connectivity index (χ2v) is 4.99. The van der Waals surface area contributed by atoms with E-state index in [9.17, 15) is 0 Å². The molecule has 0 saturated carbocycles. The van der Waals surface area contributed by atoms with Crippen LogP contribution in [0.3, 0.4) is 0 Å². The molecule has 0 aromatic carbocycles. The van der Waals surface area contributed by atoms with Crippen molar-refractivity contribution in [1.82, 2.24) is 9.59 Å². The smallest absolute Gasteiger partial charge is 0.133 e. The first kappa shape index (κ1) is 10.8. The van der Waals surface area contributed by atoms with Gasteiger partial charge in [0.25, 0.3) is 0 Å². The largest absolute Gasteiger partial charge is 0.377 e. The maximum absolute atomic E-state index is 4.07. The molecule has 0 atom stereocenters. The van der Waals surface area contributed by atoms with Crippen LogP contribution in [0.4, 0.5) is 5.00 Å². The average Bonchev–Trinajstić information content (AvgIpc) is 2.51. The van der Waals surface area contributed by atoms with E-state index in [1.807, 2.05) is 18.8 Å². The van der Waals surface area contributed by atoms with Crippen molar-refractivity contribution < 1.29 is 0 Å². The lowest BCUT2D eigenvalue weighted by atomic mass is 10.3. The molecule has 1 rings (SSSR count). The van der Waals surface area contributed by atoms with Crippen LogP contribution in [-0.4, -0.2) is 22.4 Å². The Morgan fingerprint density at radius 3 is 2.92 bits per heavy atom. The van der Waals surface area contributed by atoms with Crippen LogP contribution in [0.15, 0.2) is 0 Å². The number of rotatable bonds is 5. The molecular weight excluding hydrogens is 202 g/mol. The minimum Gasteiger partial charge on any atom is -0.377 e. The van der Waals surface area contributed by atoms with E-state index in [-0.39, 0.29) is 0 Å². The zero-order valence-electron chi connectivity index (χ0n) is 8.20. The minimum atomic E-state index is 0.745. The van der Waals surface area contributed by atoms with Gasteiger partial charge in [0, 0.05) is 24.3 Å². The predicted octanol–water partition coefficient (Wildman–Crippen LogP) is 2.47. The van der Waals surface area contributed by atoms with Gasteiger partial charge in [0.15, 0.2) is 0 Å². The second-order valence-electron chi connectivity index (χ2n) is 3.21. The van der Waals surface area contributed by atoms with Crippen molar-refractivity contribution in [1.29, 1.82) is 0 Å². The van der Waals surface area contributed by atoms with Gasteiger partial charge in [-0.3, -0.25) is 0 Å². The van der Waals surface area contributed by atoms with Gasteiger partial charge in [0.1, 0.15) is 10.7 Å². The number of nitrogens with one attached hydrogen (secondary N) is 1. The molecule has 0 radical (unpaired) electrons. The van der Waals surface area contributed by atoms with E-state index in [0.717, 1.165) is 22.4 Å². The maximum atomic E-state index is 4.07. The fourth-order valence-electron chi connectivity index (χ4n) is 0.884. The normalized spacial score (nSPS) is 10.8. The highest BCUT2D eigenvalue weighted by molar-refractivity contribution is 7.98. The van der Waals surface area contributed by atoms with E-state index < -0.39 is 0 Å². The Kier molecular flexibility index (Phi) is 4.52. The van der Waals surface area contributed by atoms with Crippen molar-refractivity contribution in [2.45, 2.75) is 19.6 Å². The van der Waals surface area contributed by atoms with Gasteiger partial charge >= 0.3 is 0 Å². The first-order valence-corrected chi connectivity index (χ1v) is 6.23. The summed E-state index contributed by atoms with van der Waals surface area (Å²) in [5, 5.41) is 8.26. The summed E-state index contributed by atoms with van der Waals surface area (Å²) >= 11 is 3.34. The first-order chi connectivity index (χ1) is 6.24. The van der Waals surface area contributed by atoms with Gasteiger partial charge in [0.2, 0.25) is 0 Å². The molecule has 0 amide bonds. The molecule has 0 saturated heterocycles. The highest BCUT2D eigenvalue weighted by atomic mass is 32.2. The van der Waals surface area contributed by atoms with Gasteiger partial charge in [-0.05, 0) is 11.7 Å². The molecule has 0 aliphatic rings. The summed E-state index contributed by atoms with van der Waals surface area (Å²) in [5.74, 6) is 2.89. The van der Waals surface area contributed by atoms with Crippen molar-refractivity contribution >= 4 is 28.3 Å². The summed E-state index contributed by atoms with van der Waals surface area (Å²) in [4.78, 5) is 0. The molecule has 0 spiro atoms. The number of thioether (sulfide) groups is 1. The van der Waals surface area contributed by atoms with Crippen molar-refractivity contribution in [2.75, 3.05) is 18.1 Å². The highest BCUT2D eigenvalue weighted by Crippen LogP contribution is 2.22. The zero-order valence-corrected chi connectivity index (χ0v) is 9.84. The molecule has 1 N–H and O–H groups in total. The summed E-state index contributed by atoms with van der Waals surface area (Å²) in [6, 6.07) is 0. The minimum absolute atomic E-state index is 0.745. The van der Waals surface area contributed by atoms with Gasteiger partial charge in [-0.25, -0.2) is 0 Å². The monoisotopic (exact) mass is 217 g/mol. The lowest BCUT2D eigenvalue weighted by Gasteiger charge is -2.03. The number of hydrogen-bond acceptors (Lipinski definition) is 5. The molecule has 74 valence electrons. The zero-order chi connectivity index (χ0) is 9.68. The maximum Gasteiger partial charge on any atom is 0.133 e. The molecule has 5 heteroatoms. The molecule has 0 aliphatic heterocycles. The number of nitrogens with zero attached hydrogens (tertiary/aromatic N) is 2. The molecule has 1 heterocycles. The third kappa shape index (κ3) is 3.52. The van der Waals surface area contributed by atoms with Gasteiger partial charge in [-0.1, -0.05) is 18.3 Å². The van der Waals surface area contributed by atoms with E-state index in [2.05, 4.69) is 28.8 Å². The summed E-state index contributed by atoms with van der Waals surface area (Å²) in [7, 11) is 1.91. The lowest BCUT2D eigenvalue weighted by Crippen LogP contribution is -1.94. The first-order valence-electron chi connectivity index (χ1n) is 4.30. The second kappa shape index (κ2) is 5.44. The van der Waals surface area contributed by atoms with Gasteiger partial charge in [-0.15, -0.1) is 5.10 Å². The molecular formula is C8H15N3S2. The number of aromatic nitrogens is 2. The fourth-order valence-corrected chi connectivity index (χ4v) is 2.49. The van der Waals surface area contributed by atoms with Crippen molar-refractivity contribution in [3.05, 3.63) is 5.69 Å². The van der Waals surface area contributed by atoms with E-state index in [4.69, 9.17) is 0 Å². The Morgan fingerprint density at radius 2 is 2.31 bits per heavy atom. The summed E-state index contributed by atoms with van der Waals surface area (Å²) in [5.41, 5.74) is 1.08. The predicted molar refractivity (Wildman–Crippen MR) is 60.5 cm³/mol. The van der Waals surface area contributed by atoms with Crippen molar-refractivity contribution in [2.24, 2.45) is 5.92 Å². The molecule has 13 heavy (non-hydrogen) atoms. The molecule has 3 nitrogen and oxygen atoms in total. The van der Waals surface area contributed by atoms with Gasteiger partial charge in [0.05, 0.1) is 0 Å². The van der Waals surface area contributed by atoms with Crippen LogP contribution in [0.2, 0.25) is 0 Å². The van der Waals surface area contributed by atoms with E-state index in [1.165, 1.54) is 17.3 Å². The standard InChI is InChI=1S/C8H15N3S2/c1-6(2)4-12-5-7-8(9-3)13-11-10-7/h6,9H,4-5H2,1-3H3. The third-order valence-electron chi connectivity index (χ3n) is 1.47. The van der Waals surface area contributed by atoms with Crippen LogP contribution in [0, 0.1) is 5.92 Å².